The number of carbonyl (C=O) groups excluding carboxylic acids is 1. The fourth-order valence-corrected chi connectivity index (χ4v) is 3.71. The number of urea groups is 1. The maximum absolute atomic E-state index is 13.3. The van der Waals surface area contributed by atoms with Crippen molar-refractivity contribution in [3.63, 3.8) is 0 Å². The molecule has 140 valence electrons. The molecule has 0 saturated heterocycles. The SMILES string of the molecule is O=C(NCCn1c(-c2ccc(F)cc2)nc2ccccc21)NC1CCCC1. The summed E-state index contributed by atoms with van der Waals surface area (Å²) in [6.07, 6.45) is 4.50. The molecule has 1 aliphatic rings. The molecule has 2 aromatic carbocycles. The van der Waals surface area contributed by atoms with Crippen LogP contribution < -0.4 is 10.6 Å². The monoisotopic (exact) mass is 366 g/mol. The predicted molar refractivity (Wildman–Crippen MR) is 104 cm³/mol. The van der Waals surface area contributed by atoms with Gasteiger partial charge in [-0.3, -0.25) is 0 Å². The summed E-state index contributed by atoms with van der Waals surface area (Å²) in [6.45, 7) is 1.08. The van der Waals surface area contributed by atoms with Crippen LogP contribution in [0.25, 0.3) is 22.4 Å². The van der Waals surface area contributed by atoms with Gasteiger partial charge in [-0.15, -0.1) is 0 Å². The highest BCUT2D eigenvalue weighted by atomic mass is 19.1. The molecule has 2 N–H and O–H groups in total. The van der Waals surface area contributed by atoms with Gasteiger partial charge in [0.15, 0.2) is 0 Å². The lowest BCUT2D eigenvalue weighted by molar-refractivity contribution is 0.237. The summed E-state index contributed by atoms with van der Waals surface area (Å²) in [7, 11) is 0. The van der Waals surface area contributed by atoms with Crippen molar-refractivity contribution < 1.29 is 9.18 Å². The van der Waals surface area contributed by atoms with Crippen LogP contribution in [0.1, 0.15) is 25.7 Å². The first-order chi connectivity index (χ1) is 13.2. The zero-order valence-electron chi connectivity index (χ0n) is 15.1. The summed E-state index contributed by atoms with van der Waals surface area (Å²) in [6, 6.07) is 14.4. The molecule has 3 aromatic rings. The van der Waals surface area contributed by atoms with E-state index in [2.05, 4.69) is 15.2 Å². The number of hydrogen-bond donors (Lipinski definition) is 2. The van der Waals surface area contributed by atoms with Crippen molar-refractivity contribution in [1.82, 2.24) is 20.2 Å². The van der Waals surface area contributed by atoms with Crippen LogP contribution in [0.5, 0.6) is 0 Å². The van der Waals surface area contributed by atoms with Crippen LogP contribution in [0.4, 0.5) is 9.18 Å². The zero-order valence-corrected chi connectivity index (χ0v) is 15.1. The summed E-state index contributed by atoms with van der Waals surface area (Å²) < 4.78 is 15.4. The van der Waals surface area contributed by atoms with E-state index in [9.17, 15) is 9.18 Å². The lowest BCUT2D eigenvalue weighted by Crippen LogP contribution is -2.41. The van der Waals surface area contributed by atoms with Crippen molar-refractivity contribution in [2.45, 2.75) is 38.3 Å². The lowest BCUT2D eigenvalue weighted by atomic mass is 10.2. The summed E-state index contributed by atoms with van der Waals surface area (Å²) in [5, 5.41) is 5.97. The minimum atomic E-state index is -0.272. The Balaban J connectivity index is 1.50. The topological polar surface area (TPSA) is 59.0 Å². The van der Waals surface area contributed by atoms with Crippen molar-refractivity contribution in [3.05, 3.63) is 54.3 Å². The van der Waals surface area contributed by atoms with Gasteiger partial charge in [-0.1, -0.05) is 25.0 Å². The van der Waals surface area contributed by atoms with Gasteiger partial charge in [-0.2, -0.15) is 0 Å². The van der Waals surface area contributed by atoms with Gasteiger partial charge in [0.05, 0.1) is 11.0 Å². The highest BCUT2D eigenvalue weighted by molar-refractivity contribution is 5.80. The second-order valence-electron chi connectivity index (χ2n) is 6.96. The van der Waals surface area contributed by atoms with E-state index in [0.717, 1.165) is 35.3 Å². The molecule has 1 saturated carbocycles. The summed E-state index contributed by atoms with van der Waals surface area (Å²) in [5.41, 5.74) is 2.73. The van der Waals surface area contributed by atoms with E-state index in [1.807, 2.05) is 24.3 Å². The summed E-state index contributed by atoms with van der Waals surface area (Å²) in [4.78, 5) is 16.8. The number of imidazole rings is 1. The number of rotatable bonds is 5. The van der Waals surface area contributed by atoms with Crippen LogP contribution in [0.3, 0.4) is 0 Å². The largest absolute Gasteiger partial charge is 0.336 e. The van der Waals surface area contributed by atoms with Crippen molar-refractivity contribution >= 4 is 17.1 Å². The highest BCUT2D eigenvalue weighted by Crippen LogP contribution is 2.25. The maximum Gasteiger partial charge on any atom is 0.315 e. The number of hydrogen-bond acceptors (Lipinski definition) is 2. The smallest absolute Gasteiger partial charge is 0.315 e. The lowest BCUT2D eigenvalue weighted by Gasteiger charge is -2.14. The molecule has 1 heterocycles. The highest BCUT2D eigenvalue weighted by Gasteiger charge is 2.17. The fraction of sp³-hybridized carbons (Fsp3) is 0.333. The van der Waals surface area contributed by atoms with E-state index < -0.39 is 0 Å². The number of benzene rings is 2. The average Bonchev–Trinajstić information content (AvgIpc) is 3.30. The molecular weight excluding hydrogens is 343 g/mol. The molecule has 1 fully saturated rings. The number of carbonyl (C=O) groups is 1. The minimum absolute atomic E-state index is 0.116. The minimum Gasteiger partial charge on any atom is -0.336 e. The van der Waals surface area contributed by atoms with Crippen LogP contribution in [0.2, 0.25) is 0 Å². The molecule has 0 radical (unpaired) electrons. The van der Waals surface area contributed by atoms with E-state index in [1.165, 1.54) is 25.0 Å². The molecule has 0 atom stereocenters. The second-order valence-corrected chi connectivity index (χ2v) is 6.96. The first-order valence-corrected chi connectivity index (χ1v) is 9.46. The third-order valence-electron chi connectivity index (χ3n) is 5.07. The number of nitrogens with one attached hydrogen (secondary N) is 2. The summed E-state index contributed by atoms with van der Waals surface area (Å²) >= 11 is 0. The van der Waals surface area contributed by atoms with Gasteiger partial charge in [0.1, 0.15) is 11.6 Å². The van der Waals surface area contributed by atoms with Crippen LogP contribution >= 0.6 is 0 Å². The van der Waals surface area contributed by atoms with Gasteiger partial charge in [-0.05, 0) is 49.2 Å². The van der Waals surface area contributed by atoms with Crippen LogP contribution in [0, 0.1) is 5.82 Å². The Bertz CT molecular complexity index is 929. The van der Waals surface area contributed by atoms with Gasteiger partial charge < -0.3 is 15.2 Å². The molecule has 0 spiro atoms. The molecule has 0 bridgehead atoms. The van der Waals surface area contributed by atoms with Gasteiger partial charge in [0.25, 0.3) is 0 Å². The number of para-hydroxylation sites is 2. The van der Waals surface area contributed by atoms with Crippen LogP contribution in [-0.4, -0.2) is 28.2 Å². The van der Waals surface area contributed by atoms with E-state index in [1.54, 1.807) is 12.1 Å². The Morgan fingerprint density at radius 3 is 2.63 bits per heavy atom. The van der Waals surface area contributed by atoms with E-state index in [-0.39, 0.29) is 11.8 Å². The summed E-state index contributed by atoms with van der Waals surface area (Å²) in [5.74, 6) is 0.501. The number of nitrogens with zero attached hydrogens (tertiary/aromatic N) is 2. The van der Waals surface area contributed by atoms with E-state index in [4.69, 9.17) is 4.98 Å². The molecule has 1 aliphatic carbocycles. The fourth-order valence-electron chi connectivity index (χ4n) is 3.71. The molecular formula is C21H23FN4O. The third-order valence-corrected chi connectivity index (χ3v) is 5.07. The Labute approximate surface area is 157 Å². The average molecular weight is 366 g/mol. The Morgan fingerprint density at radius 1 is 1.11 bits per heavy atom. The molecule has 0 aliphatic heterocycles. The van der Waals surface area contributed by atoms with Crippen LogP contribution in [-0.2, 0) is 6.54 Å². The molecule has 5 nitrogen and oxygen atoms in total. The van der Waals surface area contributed by atoms with Crippen molar-refractivity contribution in [2.24, 2.45) is 0 Å². The van der Waals surface area contributed by atoms with Gasteiger partial charge >= 0.3 is 6.03 Å². The normalized spacial score (nSPS) is 14.6. The van der Waals surface area contributed by atoms with Crippen molar-refractivity contribution in [1.29, 1.82) is 0 Å². The number of aromatic nitrogens is 2. The standard InChI is InChI=1S/C21H23FN4O/c22-16-11-9-15(10-12-16)20-25-18-7-3-4-8-19(18)26(20)14-13-23-21(27)24-17-5-1-2-6-17/h3-4,7-12,17H,1-2,5-6,13-14H2,(H2,23,24,27). The van der Waals surface area contributed by atoms with Gasteiger partial charge in [-0.25, -0.2) is 14.2 Å². The van der Waals surface area contributed by atoms with Gasteiger partial charge in [0.2, 0.25) is 0 Å². The van der Waals surface area contributed by atoms with E-state index >= 15 is 0 Å². The maximum atomic E-state index is 13.3. The number of fused-ring (bicyclic) bond motifs is 1. The Kier molecular flexibility index (Phi) is 5.05. The van der Waals surface area contributed by atoms with Crippen LogP contribution in [0.15, 0.2) is 48.5 Å². The third kappa shape index (κ3) is 3.94. The quantitative estimate of drug-likeness (QED) is 0.715. The van der Waals surface area contributed by atoms with Gasteiger partial charge in [0, 0.05) is 24.7 Å². The predicted octanol–water partition coefficient (Wildman–Crippen LogP) is 4.08. The molecule has 6 heteroatoms. The number of amides is 2. The first-order valence-electron chi connectivity index (χ1n) is 9.46. The molecule has 27 heavy (non-hydrogen) atoms. The zero-order chi connectivity index (χ0) is 18.6. The number of halogens is 1. The molecule has 0 unspecified atom stereocenters. The second kappa shape index (κ2) is 7.78. The Hall–Kier alpha value is -2.89. The first kappa shape index (κ1) is 17.5. The van der Waals surface area contributed by atoms with Crippen molar-refractivity contribution in [3.8, 4) is 11.4 Å². The van der Waals surface area contributed by atoms with E-state index in [0.29, 0.717) is 19.1 Å². The molecule has 4 rings (SSSR count). The Morgan fingerprint density at radius 2 is 1.85 bits per heavy atom. The molecule has 2 amide bonds. The van der Waals surface area contributed by atoms with Crippen molar-refractivity contribution in [2.75, 3.05) is 6.54 Å². The molecule has 1 aromatic heterocycles.